The average molecular weight is 533 g/mol. The van der Waals surface area contributed by atoms with Gasteiger partial charge in [0, 0.05) is 22.5 Å². The lowest BCUT2D eigenvalue weighted by molar-refractivity contribution is 1.37. The molecule has 9 rings (SSSR count). The molecule has 0 spiro atoms. The van der Waals surface area contributed by atoms with E-state index in [-0.39, 0.29) is 0 Å². The van der Waals surface area contributed by atoms with Crippen LogP contribution in [-0.2, 0) is 0 Å². The zero-order valence-corrected chi connectivity index (χ0v) is 22.8. The van der Waals surface area contributed by atoms with Crippen molar-refractivity contribution in [1.82, 2.24) is 9.97 Å². The van der Waals surface area contributed by atoms with Gasteiger partial charge in [-0.05, 0) is 79.5 Å². The van der Waals surface area contributed by atoms with Crippen molar-refractivity contribution >= 4 is 32.6 Å². The van der Waals surface area contributed by atoms with Crippen molar-refractivity contribution in [1.29, 1.82) is 0 Å². The third-order valence-corrected chi connectivity index (χ3v) is 8.65. The summed E-state index contributed by atoms with van der Waals surface area (Å²) in [6.07, 6.45) is 1.84. The summed E-state index contributed by atoms with van der Waals surface area (Å²) in [4.78, 5) is 9.72. The molecule has 0 saturated carbocycles. The smallest absolute Gasteiger partial charge is 0.0972 e. The average Bonchev–Trinajstić information content (AvgIpc) is 3.40. The maximum atomic E-state index is 5.08. The van der Waals surface area contributed by atoms with E-state index in [1.54, 1.807) is 0 Å². The van der Waals surface area contributed by atoms with Gasteiger partial charge in [0.1, 0.15) is 0 Å². The number of aromatic nitrogens is 2. The Kier molecular flexibility index (Phi) is 4.93. The lowest BCUT2D eigenvalue weighted by atomic mass is 9.92. The Labute approximate surface area is 243 Å². The molecular formula is C40H24N2. The fourth-order valence-electron chi connectivity index (χ4n) is 6.67. The van der Waals surface area contributed by atoms with E-state index in [1.165, 1.54) is 55.3 Å². The highest BCUT2D eigenvalue weighted by atomic mass is 14.7. The lowest BCUT2D eigenvalue weighted by Crippen LogP contribution is -1.89. The van der Waals surface area contributed by atoms with Crippen molar-refractivity contribution in [2.24, 2.45) is 0 Å². The van der Waals surface area contributed by atoms with Crippen LogP contribution in [-0.4, -0.2) is 9.97 Å². The fourth-order valence-corrected chi connectivity index (χ4v) is 6.67. The highest BCUT2D eigenvalue weighted by Crippen LogP contribution is 2.49. The van der Waals surface area contributed by atoms with Crippen LogP contribution in [0.3, 0.4) is 0 Å². The van der Waals surface area contributed by atoms with Crippen molar-refractivity contribution in [3.8, 4) is 55.8 Å². The van der Waals surface area contributed by atoms with E-state index in [0.717, 1.165) is 33.1 Å². The number of rotatable bonds is 3. The SMILES string of the molecule is c1cc(-c2cccc(-c3ccc4c5c(cccc35)-c3ccccc3-4)c2)cc(-c2ccc3ccc4cccnc4c3n2)c1. The van der Waals surface area contributed by atoms with Crippen LogP contribution in [0, 0.1) is 0 Å². The molecule has 0 atom stereocenters. The molecule has 0 saturated heterocycles. The molecule has 2 aromatic heterocycles. The molecule has 0 amide bonds. The van der Waals surface area contributed by atoms with Crippen molar-refractivity contribution in [2.75, 3.05) is 0 Å². The molecule has 8 aromatic rings. The molecule has 0 unspecified atom stereocenters. The Morgan fingerprint density at radius 3 is 1.83 bits per heavy atom. The Bertz CT molecular complexity index is 2340. The van der Waals surface area contributed by atoms with Crippen molar-refractivity contribution < 1.29 is 0 Å². The first-order chi connectivity index (χ1) is 20.8. The molecule has 1 aliphatic rings. The van der Waals surface area contributed by atoms with Crippen LogP contribution in [0.1, 0.15) is 0 Å². The van der Waals surface area contributed by atoms with E-state index in [0.29, 0.717) is 0 Å². The number of nitrogens with zero attached hydrogens (tertiary/aromatic N) is 2. The van der Waals surface area contributed by atoms with Crippen LogP contribution < -0.4 is 0 Å². The van der Waals surface area contributed by atoms with E-state index < -0.39 is 0 Å². The van der Waals surface area contributed by atoms with Gasteiger partial charge in [0.2, 0.25) is 0 Å². The van der Waals surface area contributed by atoms with Gasteiger partial charge in [-0.25, -0.2) is 4.98 Å². The maximum absolute atomic E-state index is 5.08. The predicted molar refractivity (Wildman–Crippen MR) is 175 cm³/mol. The predicted octanol–water partition coefficient (Wildman–Crippen LogP) is 10.6. The summed E-state index contributed by atoms with van der Waals surface area (Å²) >= 11 is 0. The van der Waals surface area contributed by atoms with Gasteiger partial charge >= 0.3 is 0 Å². The van der Waals surface area contributed by atoms with Crippen molar-refractivity contribution in [3.63, 3.8) is 0 Å². The molecule has 2 heterocycles. The van der Waals surface area contributed by atoms with Gasteiger partial charge in [-0.3, -0.25) is 4.98 Å². The second-order valence-electron chi connectivity index (χ2n) is 11.0. The highest BCUT2D eigenvalue weighted by Gasteiger charge is 2.22. The van der Waals surface area contributed by atoms with Gasteiger partial charge < -0.3 is 0 Å². The summed E-state index contributed by atoms with van der Waals surface area (Å²) in [6.45, 7) is 0. The summed E-state index contributed by atoms with van der Waals surface area (Å²) in [5.41, 5.74) is 14.1. The second kappa shape index (κ2) is 8.95. The number of hydrogen-bond acceptors (Lipinski definition) is 2. The van der Waals surface area contributed by atoms with E-state index >= 15 is 0 Å². The molecule has 1 aliphatic carbocycles. The minimum Gasteiger partial charge on any atom is -0.254 e. The van der Waals surface area contributed by atoms with Gasteiger partial charge in [-0.2, -0.15) is 0 Å². The van der Waals surface area contributed by atoms with Crippen LogP contribution in [0.4, 0.5) is 0 Å². The fraction of sp³-hybridized carbons (Fsp3) is 0. The van der Waals surface area contributed by atoms with Crippen LogP contribution in [0.5, 0.6) is 0 Å². The van der Waals surface area contributed by atoms with E-state index in [2.05, 4.69) is 138 Å². The molecule has 0 fully saturated rings. The molecule has 0 aliphatic heterocycles. The first-order valence-corrected chi connectivity index (χ1v) is 14.3. The molecule has 42 heavy (non-hydrogen) atoms. The van der Waals surface area contributed by atoms with Crippen LogP contribution in [0.2, 0.25) is 0 Å². The zero-order valence-electron chi connectivity index (χ0n) is 22.8. The molecule has 2 heteroatoms. The largest absolute Gasteiger partial charge is 0.254 e. The molecule has 194 valence electrons. The highest BCUT2D eigenvalue weighted by molar-refractivity contribution is 6.18. The first-order valence-electron chi connectivity index (χ1n) is 14.3. The van der Waals surface area contributed by atoms with Crippen LogP contribution >= 0.6 is 0 Å². The number of hydrogen-bond donors (Lipinski definition) is 0. The van der Waals surface area contributed by atoms with Gasteiger partial charge in [0.15, 0.2) is 0 Å². The normalized spacial score (nSPS) is 11.8. The van der Waals surface area contributed by atoms with E-state index in [1.807, 2.05) is 12.3 Å². The molecule has 0 bridgehead atoms. The Hall–Kier alpha value is -5.60. The molecular weight excluding hydrogens is 508 g/mol. The molecule has 6 aromatic carbocycles. The Balaban J connectivity index is 1.14. The standard InChI is InChI=1S/C40H24N2/c1-2-13-33-32(12-1)35-15-5-14-34-31(19-20-36(33)38(34)35)29-9-3-7-27(23-29)28-8-4-10-30(24-28)37-21-18-26-17-16-25-11-6-22-41-39(25)40(26)42-37/h1-24H. The van der Waals surface area contributed by atoms with E-state index in [4.69, 9.17) is 4.98 Å². The third kappa shape index (κ3) is 3.45. The van der Waals surface area contributed by atoms with Gasteiger partial charge in [0.25, 0.3) is 0 Å². The monoisotopic (exact) mass is 532 g/mol. The van der Waals surface area contributed by atoms with Gasteiger partial charge in [0.05, 0.1) is 16.7 Å². The first kappa shape index (κ1) is 23.1. The summed E-state index contributed by atoms with van der Waals surface area (Å²) in [6, 6.07) is 50.2. The van der Waals surface area contributed by atoms with Gasteiger partial charge in [-0.15, -0.1) is 0 Å². The number of fused-ring (bicyclic) bond motifs is 6. The quantitative estimate of drug-likeness (QED) is 0.212. The Morgan fingerprint density at radius 1 is 0.381 bits per heavy atom. The summed E-state index contributed by atoms with van der Waals surface area (Å²) in [5, 5.41) is 4.86. The minimum atomic E-state index is 0.937. The summed E-state index contributed by atoms with van der Waals surface area (Å²) < 4.78 is 0. The minimum absolute atomic E-state index is 0.937. The van der Waals surface area contributed by atoms with E-state index in [9.17, 15) is 0 Å². The zero-order chi connectivity index (χ0) is 27.6. The second-order valence-corrected chi connectivity index (χ2v) is 11.0. The number of benzene rings is 6. The maximum Gasteiger partial charge on any atom is 0.0972 e. The topological polar surface area (TPSA) is 25.8 Å². The molecule has 2 nitrogen and oxygen atoms in total. The van der Waals surface area contributed by atoms with Crippen LogP contribution in [0.15, 0.2) is 146 Å². The third-order valence-electron chi connectivity index (χ3n) is 8.65. The number of pyridine rings is 2. The lowest BCUT2D eigenvalue weighted by Gasteiger charge is -2.12. The molecule has 0 N–H and O–H groups in total. The Morgan fingerprint density at radius 2 is 1.00 bits per heavy atom. The molecule has 0 radical (unpaired) electrons. The van der Waals surface area contributed by atoms with Crippen molar-refractivity contribution in [2.45, 2.75) is 0 Å². The summed E-state index contributed by atoms with van der Waals surface area (Å²) in [7, 11) is 0. The van der Waals surface area contributed by atoms with Gasteiger partial charge in [-0.1, -0.05) is 115 Å². The van der Waals surface area contributed by atoms with Crippen molar-refractivity contribution in [3.05, 3.63) is 146 Å². The summed E-state index contributed by atoms with van der Waals surface area (Å²) in [5.74, 6) is 0. The van der Waals surface area contributed by atoms with Crippen LogP contribution in [0.25, 0.3) is 88.3 Å².